The fourth-order valence-electron chi connectivity index (χ4n) is 5.54. The van der Waals surface area contributed by atoms with Gasteiger partial charge in [-0.1, -0.05) is 26.3 Å². The van der Waals surface area contributed by atoms with Crippen LogP contribution in [0.4, 0.5) is 11.6 Å². The first-order valence-corrected chi connectivity index (χ1v) is 10.7. The van der Waals surface area contributed by atoms with E-state index in [0.29, 0.717) is 0 Å². The van der Waals surface area contributed by atoms with Gasteiger partial charge in [-0.15, -0.1) is 0 Å². The minimum Gasteiger partial charge on any atom is -0.356 e. The van der Waals surface area contributed by atoms with E-state index in [2.05, 4.69) is 41.0 Å². The molecule has 5 nitrogen and oxygen atoms in total. The highest BCUT2D eigenvalue weighted by Crippen LogP contribution is 2.52. The third-order valence-corrected chi connectivity index (χ3v) is 7.07. The third-order valence-electron chi connectivity index (χ3n) is 7.07. The van der Waals surface area contributed by atoms with E-state index in [1.165, 1.54) is 37.8 Å². The second-order valence-electron chi connectivity index (χ2n) is 9.62. The van der Waals surface area contributed by atoms with Crippen LogP contribution >= 0.6 is 0 Å². The molecule has 27 heavy (non-hydrogen) atoms. The fourth-order valence-corrected chi connectivity index (χ4v) is 5.54. The van der Waals surface area contributed by atoms with Gasteiger partial charge >= 0.3 is 0 Å². The summed E-state index contributed by atoms with van der Waals surface area (Å²) < 4.78 is 0. The summed E-state index contributed by atoms with van der Waals surface area (Å²) in [5.74, 6) is 3.23. The maximum Gasteiger partial charge on any atom is 0.225 e. The van der Waals surface area contributed by atoms with Gasteiger partial charge < -0.3 is 16.0 Å². The first-order valence-electron chi connectivity index (χ1n) is 10.7. The molecule has 2 heterocycles. The van der Waals surface area contributed by atoms with Crippen molar-refractivity contribution in [1.29, 1.82) is 0 Å². The van der Waals surface area contributed by atoms with E-state index in [9.17, 15) is 0 Å². The van der Waals surface area contributed by atoms with Gasteiger partial charge in [-0.25, -0.2) is 9.97 Å². The Labute approximate surface area is 163 Å². The number of hydrogen-bond acceptors (Lipinski definition) is 5. The molecular formula is C22H35N5. The number of nitrogens with zero attached hydrogens (tertiary/aromatic N) is 3. The fraction of sp³-hybridized carbons (Fsp3) is 0.727. The number of allylic oxidation sites excluding steroid dienone is 2. The molecule has 0 amide bonds. The quantitative estimate of drug-likeness (QED) is 0.815. The summed E-state index contributed by atoms with van der Waals surface area (Å²) in [6.45, 7) is 9.95. The van der Waals surface area contributed by atoms with Crippen molar-refractivity contribution in [3.63, 3.8) is 0 Å². The Bertz CT molecular complexity index is 687. The van der Waals surface area contributed by atoms with Crippen molar-refractivity contribution >= 4 is 11.6 Å². The summed E-state index contributed by atoms with van der Waals surface area (Å²) in [5.41, 5.74) is 10.4. The lowest BCUT2D eigenvalue weighted by molar-refractivity contribution is 0.215. The van der Waals surface area contributed by atoms with Crippen molar-refractivity contribution in [1.82, 2.24) is 9.97 Å². The van der Waals surface area contributed by atoms with Crippen molar-refractivity contribution < 1.29 is 0 Å². The second-order valence-corrected chi connectivity index (χ2v) is 9.62. The summed E-state index contributed by atoms with van der Waals surface area (Å²) in [6.07, 6.45) is 11.1. The van der Waals surface area contributed by atoms with Crippen LogP contribution in [0.25, 0.3) is 0 Å². The van der Waals surface area contributed by atoms with E-state index in [0.717, 1.165) is 55.4 Å². The second kappa shape index (κ2) is 7.42. The van der Waals surface area contributed by atoms with Gasteiger partial charge in [0.2, 0.25) is 5.95 Å². The molecule has 1 saturated carbocycles. The third kappa shape index (κ3) is 3.84. The Kier molecular flexibility index (Phi) is 5.15. The number of rotatable bonds is 5. The molecule has 1 saturated heterocycles. The molecule has 4 rings (SSSR count). The van der Waals surface area contributed by atoms with E-state index in [4.69, 9.17) is 5.73 Å². The Morgan fingerprint density at radius 2 is 1.93 bits per heavy atom. The first-order chi connectivity index (χ1) is 13.0. The average Bonchev–Trinajstić information content (AvgIpc) is 2.93. The van der Waals surface area contributed by atoms with Gasteiger partial charge in [-0.2, -0.15) is 0 Å². The van der Waals surface area contributed by atoms with E-state index >= 15 is 0 Å². The number of nitrogens with two attached hydrogens (primary N) is 1. The number of fused-ring (bicyclic) bond motifs is 2. The zero-order valence-corrected chi connectivity index (χ0v) is 17.2. The molecule has 2 bridgehead atoms. The van der Waals surface area contributed by atoms with Crippen LogP contribution in [0.5, 0.6) is 0 Å². The van der Waals surface area contributed by atoms with E-state index in [1.807, 2.05) is 12.4 Å². The number of anilines is 2. The van der Waals surface area contributed by atoms with Crippen LogP contribution in [-0.4, -0.2) is 29.6 Å². The van der Waals surface area contributed by atoms with E-state index in [-0.39, 0.29) is 5.41 Å². The smallest absolute Gasteiger partial charge is 0.225 e. The standard InChI is InChI=1S/C22H35N5/c1-15(2)17-4-6-27(7-5-17)21-24-12-19(13-25-21)26-20-11-22(14-23)9-16(3)8-18(20)10-22/h12-13,15-17,26H,4-11,14,23H2,1-3H3. The van der Waals surface area contributed by atoms with Gasteiger partial charge in [-0.3, -0.25) is 0 Å². The van der Waals surface area contributed by atoms with Crippen molar-refractivity contribution in [2.24, 2.45) is 28.9 Å². The SMILES string of the molecule is CC1CC2=C(Nc3cnc(N4CCC(C(C)C)CC4)nc3)CC(CN)(C2)C1. The van der Waals surface area contributed by atoms with Gasteiger partial charge in [0.1, 0.15) is 0 Å². The number of hydrogen-bond donors (Lipinski definition) is 2. The molecule has 0 aromatic carbocycles. The van der Waals surface area contributed by atoms with Gasteiger partial charge in [0, 0.05) is 18.8 Å². The predicted octanol–water partition coefficient (Wildman–Crippen LogP) is 4.18. The highest BCUT2D eigenvalue weighted by Gasteiger charge is 2.42. The molecule has 1 aromatic rings. The molecule has 3 aliphatic rings. The summed E-state index contributed by atoms with van der Waals surface area (Å²) in [4.78, 5) is 11.6. The van der Waals surface area contributed by atoms with E-state index < -0.39 is 0 Å². The summed E-state index contributed by atoms with van der Waals surface area (Å²) >= 11 is 0. The Balaban J connectivity index is 1.40. The normalized spacial score (nSPS) is 28.9. The Morgan fingerprint density at radius 1 is 1.22 bits per heavy atom. The van der Waals surface area contributed by atoms with Crippen LogP contribution in [0.15, 0.2) is 23.7 Å². The molecule has 2 fully saturated rings. The van der Waals surface area contributed by atoms with Gasteiger partial charge in [-0.05, 0) is 68.2 Å². The molecule has 3 N–H and O–H groups in total. The van der Waals surface area contributed by atoms with Crippen molar-refractivity contribution in [3.8, 4) is 0 Å². The van der Waals surface area contributed by atoms with Crippen LogP contribution < -0.4 is 16.0 Å². The molecule has 1 aliphatic heterocycles. The Morgan fingerprint density at radius 3 is 2.56 bits per heavy atom. The number of aromatic nitrogens is 2. The molecule has 0 spiro atoms. The largest absolute Gasteiger partial charge is 0.356 e. The molecule has 2 atom stereocenters. The van der Waals surface area contributed by atoms with Gasteiger partial charge in [0.15, 0.2) is 0 Å². The molecule has 148 valence electrons. The van der Waals surface area contributed by atoms with Crippen molar-refractivity contribution in [2.45, 2.75) is 59.3 Å². The number of piperidine rings is 1. The molecule has 2 unspecified atom stereocenters. The zero-order valence-electron chi connectivity index (χ0n) is 17.2. The lowest BCUT2D eigenvalue weighted by Crippen LogP contribution is -2.36. The summed E-state index contributed by atoms with van der Waals surface area (Å²) in [6, 6.07) is 0. The lowest BCUT2D eigenvalue weighted by Gasteiger charge is -2.34. The molecule has 0 radical (unpaired) electrons. The maximum absolute atomic E-state index is 6.14. The molecule has 5 heteroatoms. The van der Waals surface area contributed by atoms with E-state index in [1.54, 1.807) is 5.57 Å². The van der Waals surface area contributed by atoms with Crippen LogP contribution in [0.1, 0.15) is 59.3 Å². The minimum atomic E-state index is 0.289. The molecule has 2 aliphatic carbocycles. The van der Waals surface area contributed by atoms with Crippen molar-refractivity contribution in [3.05, 3.63) is 23.7 Å². The average molecular weight is 370 g/mol. The zero-order chi connectivity index (χ0) is 19.0. The predicted molar refractivity (Wildman–Crippen MR) is 112 cm³/mol. The van der Waals surface area contributed by atoms with Gasteiger partial charge in [0.25, 0.3) is 0 Å². The highest BCUT2D eigenvalue weighted by molar-refractivity contribution is 5.50. The Hall–Kier alpha value is -1.62. The summed E-state index contributed by atoms with van der Waals surface area (Å²) in [7, 11) is 0. The lowest BCUT2D eigenvalue weighted by atomic mass is 9.71. The molecular weight excluding hydrogens is 334 g/mol. The molecule has 1 aromatic heterocycles. The van der Waals surface area contributed by atoms with Gasteiger partial charge in [0.05, 0.1) is 18.1 Å². The van der Waals surface area contributed by atoms with Crippen molar-refractivity contribution in [2.75, 3.05) is 29.9 Å². The summed E-state index contributed by atoms with van der Waals surface area (Å²) in [5, 5.41) is 3.62. The van der Waals surface area contributed by atoms with Crippen LogP contribution in [-0.2, 0) is 0 Å². The van der Waals surface area contributed by atoms with Crippen LogP contribution in [0, 0.1) is 23.2 Å². The minimum absolute atomic E-state index is 0.289. The monoisotopic (exact) mass is 369 g/mol. The van der Waals surface area contributed by atoms with Crippen LogP contribution in [0.3, 0.4) is 0 Å². The number of nitrogens with one attached hydrogen (secondary N) is 1. The maximum atomic E-state index is 6.14. The first kappa shape index (κ1) is 18.7. The highest BCUT2D eigenvalue weighted by atomic mass is 15.3. The van der Waals surface area contributed by atoms with Crippen LogP contribution in [0.2, 0.25) is 0 Å². The topological polar surface area (TPSA) is 67.1 Å².